The maximum absolute atomic E-state index is 13.1. The summed E-state index contributed by atoms with van der Waals surface area (Å²) >= 11 is 0. The zero-order chi connectivity index (χ0) is 15.7. The standard InChI is InChI=1S/C14H13F2N5O/c1-17-11-5-3-4-8(19-11)9-7-18-12-6-10(22-2)13(14(15)16)20-21(9)12/h3-7,14H,1-2H3,(H,17,19). The highest BCUT2D eigenvalue weighted by Crippen LogP contribution is 2.29. The molecular weight excluding hydrogens is 292 g/mol. The summed E-state index contributed by atoms with van der Waals surface area (Å²) in [5.74, 6) is 0.673. The second-order valence-corrected chi connectivity index (χ2v) is 4.47. The van der Waals surface area contributed by atoms with E-state index in [1.54, 1.807) is 25.4 Å². The summed E-state index contributed by atoms with van der Waals surface area (Å²) in [7, 11) is 3.07. The molecule has 3 aromatic heterocycles. The SMILES string of the molecule is CNc1cccc(-c2cnc3cc(OC)c(C(F)F)nn23)n1. The van der Waals surface area contributed by atoms with Gasteiger partial charge >= 0.3 is 0 Å². The Kier molecular flexibility index (Phi) is 3.58. The molecule has 0 radical (unpaired) electrons. The van der Waals surface area contributed by atoms with E-state index in [4.69, 9.17) is 4.74 Å². The maximum Gasteiger partial charge on any atom is 0.285 e. The van der Waals surface area contributed by atoms with E-state index in [0.29, 0.717) is 22.9 Å². The number of halogens is 2. The van der Waals surface area contributed by atoms with Gasteiger partial charge in [0.1, 0.15) is 11.5 Å². The van der Waals surface area contributed by atoms with Gasteiger partial charge in [-0.1, -0.05) is 6.07 Å². The van der Waals surface area contributed by atoms with Gasteiger partial charge in [0.05, 0.1) is 19.0 Å². The predicted molar refractivity (Wildman–Crippen MR) is 77.3 cm³/mol. The van der Waals surface area contributed by atoms with Gasteiger partial charge in [0.25, 0.3) is 6.43 Å². The molecule has 6 nitrogen and oxygen atoms in total. The molecule has 0 fully saturated rings. The van der Waals surface area contributed by atoms with E-state index in [2.05, 4.69) is 20.4 Å². The smallest absolute Gasteiger partial charge is 0.285 e. The third-order valence-electron chi connectivity index (χ3n) is 3.18. The zero-order valence-electron chi connectivity index (χ0n) is 11.9. The third-order valence-corrected chi connectivity index (χ3v) is 3.18. The number of anilines is 1. The van der Waals surface area contributed by atoms with Crippen LogP contribution in [0.25, 0.3) is 17.0 Å². The summed E-state index contributed by atoms with van der Waals surface area (Å²) < 4.78 is 32.5. The molecule has 0 aliphatic carbocycles. The topological polar surface area (TPSA) is 64.3 Å². The zero-order valence-corrected chi connectivity index (χ0v) is 11.9. The maximum atomic E-state index is 13.1. The van der Waals surface area contributed by atoms with Crippen LogP contribution in [-0.4, -0.2) is 33.7 Å². The van der Waals surface area contributed by atoms with Crippen molar-refractivity contribution in [3.8, 4) is 17.1 Å². The highest BCUT2D eigenvalue weighted by molar-refractivity contribution is 5.62. The second kappa shape index (κ2) is 5.55. The Morgan fingerprint density at radius 3 is 2.82 bits per heavy atom. The van der Waals surface area contributed by atoms with Gasteiger partial charge < -0.3 is 10.1 Å². The van der Waals surface area contributed by atoms with Gasteiger partial charge in [0.15, 0.2) is 17.1 Å². The number of hydrogen-bond donors (Lipinski definition) is 1. The summed E-state index contributed by atoms with van der Waals surface area (Å²) in [6.07, 6.45) is -1.20. The molecule has 0 aromatic carbocycles. The van der Waals surface area contributed by atoms with E-state index >= 15 is 0 Å². The molecule has 3 heterocycles. The first-order valence-electron chi connectivity index (χ1n) is 6.50. The van der Waals surface area contributed by atoms with Gasteiger partial charge in [-0.05, 0) is 12.1 Å². The molecule has 0 saturated carbocycles. The van der Waals surface area contributed by atoms with Crippen LogP contribution in [0.15, 0.2) is 30.5 Å². The molecule has 8 heteroatoms. The van der Waals surface area contributed by atoms with Crippen LogP contribution in [0.4, 0.5) is 14.6 Å². The van der Waals surface area contributed by atoms with Crippen LogP contribution in [0.3, 0.4) is 0 Å². The number of nitrogens with one attached hydrogen (secondary N) is 1. The number of imidazole rings is 1. The molecule has 0 amide bonds. The molecule has 114 valence electrons. The Balaban J connectivity index is 2.20. The summed E-state index contributed by atoms with van der Waals surface area (Å²) in [6, 6.07) is 6.80. The lowest BCUT2D eigenvalue weighted by Gasteiger charge is -2.08. The number of nitrogens with zero attached hydrogens (tertiary/aromatic N) is 4. The fourth-order valence-electron chi connectivity index (χ4n) is 2.12. The number of alkyl halides is 2. The van der Waals surface area contributed by atoms with E-state index in [9.17, 15) is 8.78 Å². The van der Waals surface area contributed by atoms with Crippen molar-refractivity contribution >= 4 is 11.5 Å². The average Bonchev–Trinajstić information content (AvgIpc) is 2.96. The van der Waals surface area contributed by atoms with Gasteiger partial charge in [0.2, 0.25) is 0 Å². The lowest BCUT2D eigenvalue weighted by atomic mass is 10.3. The lowest BCUT2D eigenvalue weighted by molar-refractivity contribution is 0.139. The van der Waals surface area contributed by atoms with Crippen LogP contribution in [0.2, 0.25) is 0 Å². The highest BCUT2D eigenvalue weighted by Gasteiger charge is 2.20. The van der Waals surface area contributed by atoms with Crippen molar-refractivity contribution < 1.29 is 13.5 Å². The molecule has 0 aliphatic heterocycles. The van der Waals surface area contributed by atoms with E-state index in [0.717, 1.165) is 0 Å². The average molecular weight is 305 g/mol. The van der Waals surface area contributed by atoms with Crippen molar-refractivity contribution in [3.05, 3.63) is 36.2 Å². The van der Waals surface area contributed by atoms with Gasteiger partial charge in [-0.25, -0.2) is 23.3 Å². The van der Waals surface area contributed by atoms with Crippen molar-refractivity contribution in [2.24, 2.45) is 0 Å². The summed E-state index contributed by atoms with van der Waals surface area (Å²) in [6.45, 7) is 0. The molecule has 3 aromatic rings. The van der Waals surface area contributed by atoms with Crippen LogP contribution in [0.1, 0.15) is 12.1 Å². The first-order chi connectivity index (χ1) is 10.6. The number of fused-ring (bicyclic) bond motifs is 1. The van der Waals surface area contributed by atoms with E-state index in [1.165, 1.54) is 17.7 Å². The molecule has 0 atom stereocenters. The molecule has 0 spiro atoms. The van der Waals surface area contributed by atoms with Crippen LogP contribution in [0.5, 0.6) is 5.75 Å². The summed E-state index contributed by atoms with van der Waals surface area (Å²) in [4.78, 5) is 8.54. The van der Waals surface area contributed by atoms with Gasteiger partial charge in [0, 0.05) is 13.1 Å². The number of hydrogen-bond acceptors (Lipinski definition) is 5. The minimum absolute atomic E-state index is 0.0107. The van der Waals surface area contributed by atoms with E-state index in [1.807, 2.05) is 6.07 Å². The van der Waals surface area contributed by atoms with Crippen molar-refractivity contribution in [2.75, 3.05) is 19.5 Å². The first kappa shape index (κ1) is 14.2. The Bertz CT molecular complexity index is 818. The van der Waals surface area contributed by atoms with E-state index in [-0.39, 0.29) is 5.75 Å². The Labute approximate surface area is 124 Å². The number of rotatable bonds is 4. The van der Waals surface area contributed by atoms with Crippen molar-refractivity contribution in [2.45, 2.75) is 6.43 Å². The molecule has 22 heavy (non-hydrogen) atoms. The monoisotopic (exact) mass is 305 g/mol. The minimum Gasteiger partial charge on any atom is -0.494 e. The molecule has 0 saturated heterocycles. The Morgan fingerprint density at radius 2 is 2.14 bits per heavy atom. The van der Waals surface area contributed by atoms with Crippen molar-refractivity contribution in [1.29, 1.82) is 0 Å². The second-order valence-electron chi connectivity index (χ2n) is 4.47. The minimum atomic E-state index is -2.74. The number of ether oxygens (including phenoxy) is 1. The molecule has 0 unspecified atom stereocenters. The van der Waals surface area contributed by atoms with Crippen LogP contribution < -0.4 is 10.1 Å². The quantitative estimate of drug-likeness (QED) is 0.803. The molecular formula is C14H13F2N5O. The lowest BCUT2D eigenvalue weighted by Crippen LogP contribution is -2.04. The number of pyridine rings is 1. The van der Waals surface area contributed by atoms with Gasteiger partial charge in [-0.2, -0.15) is 5.10 Å². The molecule has 0 aliphatic rings. The van der Waals surface area contributed by atoms with Crippen LogP contribution in [0, 0.1) is 0 Å². The number of aromatic nitrogens is 4. The van der Waals surface area contributed by atoms with Crippen LogP contribution >= 0.6 is 0 Å². The van der Waals surface area contributed by atoms with Crippen LogP contribution in [-0.2, 0) is 0 Å². The van der Waals surface area contributed by atoms with Gasteiger partial charge in [-0.15, -0.1) is 0 Å². The van der Waals surface area contributed by atoms with Crippen molar-refractivity contribution in [1.82, 2.24) is 19.6 Å². The van der Waals surface area contributed by atoms with Gasteiger partial charge in [-0.3, -0.25) is 0 Å². The normalized spacial score (nSPS) is 11.1. The Morgan fingerprint density at radius 1 is 1.32 bits per heavy atom. The fourth-order valence-corrected chi connectivity index (χ4v) is 2.12. The fraction of sp³-hybridized carbons (Fsp3) is 0.214. The summed E-state index contributed by atoms with van der Waals surface area (Å²) in [5.41, 5.74) is 1.08. The van der Waals surface area contributed by atoms with Crippen molar-refractivity contribution in [3.63, 3.8) is 0 Å². The molecule has 1 N–H and O–H groups in total. The largest absolute Gasteiger partial charge is 0.494 e. The number of methoxy groups -OCH3 is 1. The molecule has 3 rings (SSSR count). The first-order valence-corrected chi connectivity index (χ1v) is 6.50. The summed E-state index contributed by atoms with van der Waals surface area (Å²) in [5, 5.41) is 6.88. The van der Waals surface area contributed by atoms with E-state index < -0.39 is 12.1 Å². The predicted octanol–water partition coefficient (Wildman–Crippen LogP) is 2.78. The third kappa shape index (κ3) is 2.32. The highest BCUT2D eigenvalue weighted by atomic mass is 19.3. The Hall–Kier alpha value is -2.77. The molecule has 0 bridgehead atoms.